The number of amides is 2. The van der Waals surface area contributed by atoms with Gasteiger partial charge < -0.3 is 4.74 Å². The van der Waals surface area contributed by atoms with Crippen LogP contribution in [0.4, 0.5) is 4.79 Å². The van der Waals surface area contributed by atoms with Gasteiger partial charge in [0.1, 0.15) is 0 Å². The molecule has 1 N–H and O–H groups in total. The SMILES string of the molecule is CC1OC(=O)NC1=O. The number of hydrogen-bond donors (Lipinski definition) is 1. The lowest BCUT2D eigenvalue weighted by Crippen LogP contribution is -2.22. The molecule has 4 nitrogen and oxygen atoms in total. The second-order valence-corrected chi connectivity index (χ2v) is 1.54. The van der Waals surface area contributed by atoms with Crippen LogP contribution < -0.4 is 5.32 Å². The summed E-state index contributed by atoms with van der Waals surface area (Å²) in [5.74, 6) is -0.366. The van der Waals surface area contributed by atoms with Gasteiger partial charge in [-0.3, -0.25) is 10.1 Å². The molecule has 0 aromatic heterocycles. The predicted molar refractivity (Wildman–Crippen MR) is 24.1 cm³/mol. The van der Waals surface area contributed by atoms with E-state index < -0.39 is 12.2 Å². The summed E-state index contributed by atoms with van der Waals surface area (Å²) in [6.45, 7) is 1.51. The Balaban J connectivity index is 2.64. The summed E-state index contributed by atoms with van der Waals surface area (Å²) < 4.78 is 4.37. The second kappa shape index (κ2) is 1.47. The fourth-order valence-corrected chi connectivity index (χ4v) is 0.446. The zero-order valence-electron chi connectivity index (χ0n) is 4.30. The molecule has 0 aromatic rings. The van der Waals surface area contributed by atoms with Crippen LogP contribution in [0.5, 0.6) is 0 Å². The fourth-order valence-electron chi connectivity index (χ4n) is 0.446. The Morgan fingerprint density at radius 1 is 1.62 bits per heavy atom. The first-order valence-corrected chi connectivity index (χ1v) is 2.21. The van der Waals surface area contributed by atoms with Crippen LogP contribution in [0.2, 0.25) is 0 Å². The Labute approximate surface area is 45.8 Å². The van der Waals surface area contributed by atoms with Crippen LogP contribution in [0.15, 0.2) is 0 Å². The molecular weight excluding hydrogens is 110 g/mol. The molecule has 2 amide bonds. The molecule has 0 aliphatic carbocycles. The van der Waals surface area contributed by atoms with Gasteiger partial charge in [-0.15, -0.1) is 0 Å². The highest BCUT2D eigenvalue weighted by atomic mass is 16.6. The number of cyclic esters (lactones) is 1. The summed E-state index contributed by atoms with van der Waals surface area (Å²) in [6, 6.07) is 0. The van der Waals surface area contributed by atoms with Gasteiger partial charge in [0.05, 0.1) is 0 Å². The highest BCUT2D eigenvalue weighted by molar-refractivity contribution is 5.99. The van der Waals surface area contributed by atoms with E-state index in [4.69, 9.17) is 0 Å². The molecule has 1 atom stereocenters. The molecule has 0 aromatic carbocycles. The lowest BCUT2D eigenvalue weighted by atomic mass is 10.4. The third-order valence-electron chi connectivity index (χ3n) is 0.878. The first-order chi connectivity index (χ1) is 3.70. The first kappa shape index (κ1) is 5.08. The number of rotatable bonds is 0. The number of ether oxygens (including phenoxy) is 1. The van der Waals surface area contributed by atoms with Crippen LogP contribution in [0.3, 0.4) is 0 Å². The number of alkyl carbamates (subject to hydrolysis) is 1. The predicted octanol–water partition coefficient (Wildman–Crippen LogP) is -0.359. The molecule has 0 spiro atoms. The van der Waals surface area contributed by atoms with Gasteiger partial charge in [-0.1, -0.05) is 0 Å². The van der Waals surface area contributed by atoms with Gasteiger partial charge in [0.25, 0.3) is 5.91 Å². The van der Waals surface area contributed by atoms with Crippen LogP contribution in [-0.2, 0) is 9.53 Å². The summed E-state index contributed by atoms with van der Waals surface area (Å²) >= 11 is 0. The fraction of sp³-hybridized carbons (Fsp3) is 0.500. The molecule has 44 valence electrons. The molecule has 1 fully saturated rings. The first-order valence-electron chi connectivity index (χ1n) is 2.21. The summed E-state index contributed by atoms with van der Waals surface area (Å²) in [5, 5.41) is 1.97. The van der Waals surface area contributed by atoms with Crippen molar-refractivity contribution in [2.24, 2.45) is 0 Å². The average molecular weight is 115 g/mol. The minimum absolute atomic E-state index is 0.366. The van der Waals surface area contributed by atoms with Crippen molar-refractivity contribution in [3.63, 3.8) is 0 Å². The van der Waals surface area contributed by atoms with Gasteiger partial charge in [-0.25, -0.2) is 4.79 Å². The minimum Gasteiger partial charge on any atom is -0.436 e. The summed E-state index contributed by atoms with van der Waals surface area (Å²) in [6.07, 6.45) is -1.26. The van der Waals surface area contributed by atoms with Crippen molar-refractivity contribution in [1.82, 2.24) is 5.32 Å². The summed E-state index contributed by atoms with van der Waals surface area (Å²) in [5.41, 5.74) is 0. The van der Waals surface area contributed by atoms with E-state index in [-0.39, 0.29) is 5.91 Å². The largest absolute Gasteiger partial charge is 0.436 e. The number of imide groups is 1. The smallest absolute Gasteiger partial charge is 0.414 e. The Kier molecular flexibility index (Phi) is 0.932. The quantitative estimate of drug-likeness (QED) is 0.469. The molecule has 8 heavy (non-hydrogen) atoms. The van der Waals surface area contributed by atoms with Crippen molar-refractivity contribution in [3.8, 4) is 0 Å². The minimum atomic E-state index is -0.650. The summed E-state index contributed by atoms with van der Waals surface area (Å²) in [4.78, 5) is 20.4. The van der Waals surface area contributed by atoms with E-state index >= 15 is 0 Å². The van der Waals surface area contributed by atoms with Crippen molar-refractivity contribution in [3.05, 3.63) is 0 Å². The lowest BCUT2D eigenvalue weighted by Gasteiger charge is -1.91. The van der Waals surface area contributed by atoms with Crippen LogP contribution in [0.25, 0.3) is 0 Å². The Morgan fingerprint density at radius 2 is 2.25 bits per heavy atom. The number of hydrogen-bond acceptors (Lipinski definition) is 3. The van der Waals surface area contributed by atoms with Crippen molar-refractivity contribution >= 4 is 12.0 Å². The maximum Gasteiger partial charge on any atom is 0.414 e. The molecule has 0 saturated carbocycles. The van der Waals surface area contributed by atoms with Crippen LogP contribution in [0.1, 0.15) is 6.92 Å². The standard InChI is InChI=1S/C4H5NO3/c1-2-3(6)5-4(7)8-2/h2H,1H3,(H,5,6,7). The molecule has 0 radical (unpaired) electrons. The normalized spacial score (nSPS) is 27.4. The van der Waals surface area contributed by atoms with E-state index in [1.807, 2.05) is 5.32 Å². The van der Waals surface area contributed by atoms with Gasteiger partial charge in [-0.2, -0.15) is 0 Å². The highest BCUT2D eigenvalue weighted by Gasteiger charge is 2.27. The van der Waals surface area contributed by atoms with E-state index in [0.29, 0.717) is 0 Å². The van der Waals surface area contributed by atoms with E-state index in [9.17, 15) is 9.59 Å². The maximum atomic E-state index is 10.3. The van der Waals surface area contributed by atoms with Gasteiger partial charge in [0, 0.05) is 0 Å². The molecule has 1 aliphatic heterocycles. The number of nitrogens with one attached hydrogen (secondary N) is 1. The zero-order valence-corrected chi connectivity index (χ0v) is 4.30. The van der Waals surface area contributed by atoms with Gasteiger partial charge >= 0.3 is 6.09 Å². The van der Waals surface area contributed by atoms with Crippen molar-refractivity contribution in [1.29, 1.82) is 0 Å². The van der Waals surface area contributed by atoms with Crippen molar-refractivity contribution in [2.75, 3.05) is 0 Å². The molecule has 1 heterocycles. The lowest BCUT2D eigenvalue weighted by molar-refractivity contribution is -0.122. The zero-order chi connectivity index (χ0) is 6.15. The third kappa shape index (κ3) is 0.641. The van der Waals surface area contributed by atoms with Gasteiger partial charge in [0.15, 0.2) is 6.10 Å². The molecule has 4 heteroatoms. The van der Waals surface area contributed by atoms with E-state index in [1.165, 1.54) is 6.92 Å². The number of carbonyl (C=O) groups is 2. The topological polar surface area (TPSA) is 55.4 Å². The van der Waals surface area contributed by atoms with Crippen molar-refractivity contribution in [2.45, 2.75) is 13.0 Å². The van der Waals surface area contributed by atoms with Gasteiger partial charge in [0.2, 0.25) is 0 Å². The molecular formula is C4H5NO3. The monoisotopic (exact) mass is 115 g/mol. The van der Waals surface area contributed by atoms with E-state index in [0.717, 1.165) is 0 Å². The van der Waals surface area contributed by atoms with Gasteiger partial charge in [-0.05, 0) is 6.92 Å². The Morgan fingerprint density at radius 3 is 2.38 bits per heavy atom. The number of carbonyl (C=O) groups excluding carboxylic acids is 2. The second-order valence-electron chi connectivity index (χ2n) is 1.54. The average Bonchev–Trinajstić information content (AvgIpc) is 1.85. The summed E-state index contributed by atoms with van der Waals surface area (Å²) in [7, 11) is 0. The third-order valence-corrected chi connectivity index (χ3v) is 0.878. The van der Waals surface area contributed by atoms with Crippen molar-refractivity contribution < 1.29 is 14.3 Å². The Bertz CT molecular complexity index is 142. The van der Waals surface area contributed by atoms with E-state index in [2.05, 4.69) is 4.74 Å². The van der Waals surface area contributed by atoms with Crippen LogP contribution in [0, 0.1) is 0 Å². The molecule has 1 unspecified atom stereocenters. The highest BCUT2D eigenvalue weighted by Crippen LogP contribution is 1.98. The molecule has 1 rings (SSSR count). The van der Waals surface area contributed by atoms with Crippen LogP contribution in [-0.4, -0.2) is 18.1 Å². The van der Waals surface area contributed by atoms with E-state index in [1.54, 1.807) is 0 Å². The Hall–Kier alpha value is -1.06. The maximum absolute atomic E-state index is 10.3. The van der Waals surface area contributed by atoms with Crippen LogP contribution >= 0.6 is 0 Å². The molecule has 0 bridgehead atoms. The molecule has 1 saturated heterocycles. The molecule has 1 aliphatic rings.